The smallest absolute Gasteiger partial charge is 0.407 e. The van der Waals surface area contributed by atoms with Crippen molar-refractivity contribution in [2.45, 2.75) is 64.6 Å². The summed E-state index contributed by atoms with van der Waals surface area (Å²) in [6.45, 7) is 8.77. The number of rotatable bonds is 7. The van der Waals surface area contributed by atoms with E-state index in [2.05, 4.69) is 22.8 Å². The first-order chi connectivity index (χ1) is 15.6. The normalized spacial score (nSPS) is 14.5. The van der Waals surface area contributed by atoms with Crippen LogP contribution in [0, 0.1) is 0 Å². The minimum Gasteiger partial charge on any atom is -0.458 e. The van der Waals surface area contributed by atoms with Gasteiger partial charge in [-0.1, -0.05) is 55.5 Å². The monoisotopic (exact) mass is 452 g/mol. The maximum atomic E-state index is 12.5. The minimum absolute atomic E-state index is 0.0658. The fraction of sp³-hybridized carbons (Fsp3) is 0.423. The van der Waals surface area contributed by atoms with Crippen LogP contribution in [0.15, 0.2) is 48.5 Å². The van der Waals surface area contributed by atoms with E-state index in [-0.39, 0.29) is 12.5 Å². The molecule has 0 bridgehead atoms. The lowest BCUT2D eigenvalue weighted by Crippen LogP contribution is -2.51. The molecule has 2 N–H and O–H groups in total. The molecule has 33 heavy (non-hydrogen) atoms. The van der Waals surface area contributed by atoms with Crippen LogP contribution in [0.25, 0.3) is 11.1 Å². The molecule has 2 atom stereocenters. The molecule has 0 heterocycles. The summed E-state index contributed by atoms with van der Waals surface area (Å²) >= 11 is 0. The van der Waals surface area contributed by atoms with Crippen molar-refractivity contribution < 1.29 is 23.9 Å². The highest BCUT2D eigenvalue weighted by atomic mass is 16.6. The second kappa shape index (κ2) is 10.1. The Morgan fingerprint density at radius 3 is 2.00 bits per heavy atom. The summed E-state index contributed by atoms with van der Waals surface area (Å²) in [5.74, 6) is -1.06. The summed E-state index contributed by atoms with van der Waals surface area (Å²) < 4.78 is 10.8. The van der Waals surface area contributed by atoms with Crippen molar-refractivity contribution in [2.24, 2.45) is 0 Å². The van der Waals surface area contributed by atoms with Gasteiger partial charge in [-0.25, -0.2) is 9.59 Å². The number of esters is 1. The second-order valence-electron chi connectivity index (χ2n) is 9.19. The van der Waals surface area contributed by atoms with E-state index in [0.29, 0.717) is 6.42 Å². The summed E-state index contributed by atoms with van der Waals surface area (Å²) in [5.41, 5.74) is 3.85. The summed E-state index contributed by atoms with van der Waals surface area (Å²) in [6.07, 6.45) is -0.317. The van der Waals surface area contributed by atoms with Crippen molar-refractivity contribution in [3.05, 3.63) is 59.7 Å². The van der Waals surface area contributed by atoms with Crippen LogP contribution in [-0.4, -0.2) is 42.3 Å². The van der Waals surface area contributed by atoms with Crippen LogP contribution in [0.4, 0.5) is 4.79 Å². The molecule has 0 radical (unpaired) electrons. The first kappa shape index (κ1) is 24.3. The van der Waals surface area contributed by atoms with E-state index in [4.69, 9.17) is 9.47 Å². The van der Waals surface area contributed by atoms with Gasteiger partial charge in [0.15, 0.2) is 0 Å². The molecular weight excluding hydrogens is 420 g/mol. The zero-order chi connectivity index (χ0) is 24.2. The molecule has 0 unspecified atom stereocenters. The molecule has 2 amide bonds. The van der Waals surface area contributed by atoms with Gasteiger partial charge in [-0.05, 0) is 56.4 Å². The Labute approximate surface area is 194 Å². The van der Waals surface area contributed by atoms with Gasteiger partial charge in [0.25, 0.3) is 0 Å². The predicted molar refractivity (Wildman–Crippen MR) is 126 cm³/mol. The van der Waals surface area contributed by atoms with Gasteiger partial charge in [0.05, 0.1) is 0 Å². The Kier molecular flexibility index (Phi) is 7.41. The van der Waals surface area contributed by atoms with E-state index in [1.807, 2.05) is 36.4 Å². The van der Waals surface area contributed by atoms with Crippen LogP contribution < -0.4 is 10.6 Å². The van der Waals surface area contributed by atoms with Crippen molar-refractivity contribution in [3.63, 3.8) is 0 Å². The molecule has 7 nitrogen and oxygen atoms in total. The number of alkyl carbamates (subject to hydrolysis) is 1. The lowest BCUT2D eigenvalue weighted by Gasteiger charge is -2.25. The standard InChI is InChI=1S/C26H32N2O5/c1-6-22(24(30)33-26(3,4)5)28-23(29)16(2)27-25(31)32-15-21-19-13-9-7-11-17(19)18-12-8-10-14-20(18)21/h7-14,16,21-22H,6,15H2,1-5H3,(H,27,31)(H,28,29)/t16-,22-/m0/s1. The first-order valence-corrected chi connectivity index (χ1v) is 11.3. The highest BCUT2D eigenvalue weighted by Crippen LogP contribution is 2.44. The topological polar surface area (TPSA) is 93.7 Å². The molecule has 176 valence electrons. The van der Waals surface area contributed by atoms with E-state index < -0.39 is 35.7 Å². The molecule has 0 saturated heterocycles. The molecule has 0 aliphatic heterocycles. The fourth-order valence-corrected chi connectivity index (χ4v) is 3.88. The number of carbonyl (C=O) groups is 3. The van der Waals surface area contributed by atoms with Crippen LogP contribution >= 0.6 is 0 Å². The van der Waals surface area contributed by atoms with Crippen molar-refractivity contribution in [1.82, 2.24) is 10.6 Å². The van der Waals surface area contributed by atoms with E-state index in [9.17, 15) is 14.4 Å². The Balaban J connectivity index is 1.56. The zero-order valence-corrected chi connectivity index (χ0v) is 19.8. The number of hydrogen-bond donors (Lipinski definition) is 2. The highest BCUT2D eigenvalue weighted by molar-refractivity contribution is 5.89. The summed E-state index contributed by atoms with van der Waals surface area (Å²) in [6, 6.07) is 14.5. The van der Waals surface area contributed by atoms with Gasteiger partial charge in [-0.15, -0.1) is 0 Å². The van der Waals surface area contributed by atoms with Gasteiger partial charge in [-0.3, -0.25) is 4.79 Å². The van der Waals surface area contributed by atoms with Crippen LogP contribution in [-0.2, 0) is 19.1 Å². The number of carbonyl (C=O) groups excluding carboxylic acids is 3. The number of fused-ring (bicyclic) bond motifs is 3. The van der Waals surface area contributed by atoms with Gasteiger partial charge < -0.3 is 20.1 Å². The third-order valence-electron chi connectivity index (χ3n) is 5.49. The Morgan fingerprint density at radius 2 is 1.48 bits per heavy atom. The molecule has 0 saturated carbocycles. The van der Waals surface area contributed by atoms with Gasteiger partial charge >= 0.3 is 12.1 Å². The third kappa shape index (κ3) is 5.92. The average Bonchev–Trinajstić information content (AvgIpc) is 3.08. The Hall–Kier alpha value is -3.35. The maximum absolute atomic E-state index is 12.5. The molecule has 0 aromatic heterocycles. The summed E-state index contributed by atoms with van der Waals surface area (Å²) in [4.78, 5) is 37.2. The Morgan fingerprint density at radius 1 is 0.939 bits per heavy atom. The lowest BCUT2D eigenvalue weighted by atomic mass is 9.98. The molecular formula is C26H32N2O5. The maximum Gasteiger partial charge on any atom is 0.407 e. The summed E-state index contributed by atoms with van der Waals surface area (Å²) in [5, 5.41) is 5.18. The van der Waals surface area contributed by atoms with E-state index in [1.165, 1.54) is 0 Å². The van der Waals surface area contributed by atoms with E-state index >= 15 is 0 Å². The molecule has 1 aliphatic rings. The van der Waals surface area contributed by atoms with Crippen molar-refractivity contribution in [2.75, 3.05) is 6.61 Å². The molecule has 0 fully saturated rings. The summed E-state index contributed by atoms with van der Waals surface area (Å²) in [7, 11) is 0. The van der Waals surface area contributed by atoms with Crippen LogP contribution in [0.1, 0.15) is 58.1 Å². The zero-order valence-electron chi connectivity index (χ0n) is 19.8. The van der Waals surface area contributed by atoms with Crippen molar-refractivity contribution >= 4 is 18.0 Å². The number of hydrogen-bond acceptors (Lipinski definition) is 5. The van der Waals surface area contributed by atoms with E-state index in [0.717, 1.165) is 22.3 Å². The number of benzene rings is 2. The SMILES string of the molecule is CC[C@H](NC(=O)[C@H](C)NC(=O)OCC1c2ccccc2-c2ccccc21)C(=O)OC(C)(C)C. The van der Waals surface area contributed by atoms with Gasteiger partial charge in [-0.2, -0.15) is 0 Å². The molecule has 2 aromatic rings. The van der Waals surface area contributed by atoms with Gasteiger partial charge in [0.2, 0.25) is 5.91 Å². The molecule has 0 spiro atoms. The number of ether oxygens (including phenoxy) is 2. The van der Waals surface area contributed by atoms with Crippen molar-refractivity contribution in [1.29, 1.82) is 0 Å². The van der Waals surface area contributed by atoms with Gasteiger partial charge in [0.1, 0.15) is 24.3 Å². The van der Waals surface area contributed by atoms with Crippen molar-refractivity contribution in [3.8, 4) is 11.1 Å². The van der Waals surface area contributed by atoms with E-state index in [1.54, 1.807) is 34.6 Å². The van der Waals surface area contributed by atoms with Gasteiger partial charge in [0, 0.05) is 5.92 Å². The third-order valence-corrected chi connectivity index (χ3v) is 5.49. The van der Waals surface area contributed by atoms with Crippen LogP contribution in [0.2, 0.25) is 0 Å². The molecule has 3 rings (SSSR count). The minimum atomic E-state index is -0.878. The lowest BCUT2D eigenvalue weighted by molar-refractivity contribution is -0.158. The average molecular weight is 453 g/mol. The molecule has 7 heteroatoms. The fourth-order valence-electron chi connectivity index (χ4n) is 3.88. The number of amides is 2. The second-order valence-corrected chi connectivity index (χ2v) is 9.19. The predicted octanol–water partition coefficient (Wildman–Crippen LogP) is 4.15. The quantitative estimate of drug-likeness (QED) is 0.616. The Bertz CT molecular complexity index is 982. The van der Waals surface area contributed by atoms with Crippen LogP contribution in [0.3, 0.4) is 0 Å². The highest BCUT2D eigenvalue weighted by Gasteiger charge is 2.30. The largest absolute Gasteiger partial charge is 0.458 e. The molecule has 2 aromatic carbocycles. The molecule has 1 aliphatic carbocycles. The first-order valence-electron chi connectivity index (χ1n) is 11.3. The van der Waals surface area contributed by atoms with Crippen LogP contribution in [0.5, 0.6) is 0 Å². The number of nitrogens with one attached hydrogen (secondary N) is 2.